The van der Waals surface area contributed by atoms with E-state index in [9.17, 15) is 38.7 Å². The maximum Gasteiger partial charge on any atom is 0.513 e. The lowest BCUT2D eigenvalue weighted by Gasteiger charge is -2.12. The quantitative estimate of drug-likeness (QED) is 0.0281. The second-order valence-electron chi connectivity index (χ2n) is 10.4. The van der Waals surface area contributed by atoms with Gasteiger partial charge < -0.3 is 38.3 Å². The Kier molecular flexibility index (Phi) is 15.8. The van der Waals surface area contributed by atoms with E-state index >= 15 is 0 Å². The third-order valence-electron chi connectivity index (χ3n) is 6.70. The molecule has 0 fully saturated rings. The van der Waals surface area contributed by atoms with Crippen LogP contribution in [-0.2, 0) is 28.5 Å². The van der Waals surface area contributed by atoms with E-state index in [2.05, 4.69) is 13.2 Å². The first kappa shape index (κ1) is 39.7. The third kappa shape index (κ3) is 12.9. The summed E-state index contributed by atoms with van der Waals surface area (Å²) in [6, 6.07) is 13.1. The summed E-state index contributed by atoms with van der Waals surface area (Å²) in [6.07, 6.45) is 2.16. The number of carbonyl (C=O) groups is 7. The van der Waals surface area contributed by atoms with Crippen molar-refractivity contribution >= 4 is 42.5 Å². The van der Waals surface area contributed by atoms with Gasteiger partial charge in [0.25, 0.3) is 0 Å². The maximum absolute atomic E-state index is 12.8. The average molecular weight is 719 g/mol. The lowest BCUT2D eigenvalue weighted by Crippen LogP contribution is -2.13. The fourth-order valence-corrected chi connectivity index (χ4v) is 4.17. The minimum absolute atomic E-state index is 0.0263. The zero-order valence-corrected chi connectivity index (χ0v) is 27.7. The number of aromatic carboxylic acids is 1. The standard InChI is InChI=1S/C37H34O15/c1-3-32(39)46-17-5-7-19-48-36(44)50-27-12-9-24(10-13-27)35(43)52-31-16-11-25(21-26(31)23-38)30-22-28(14-15-29(30)34(41)42)51-37(45)49-20-8-6-18-47-33(40)4-2/h3-4,9-16,21-23H,1-2,5-8,17-20H2,(H,41,42). The van der Waals surface area contributed by atoms with Gasteiger partial charge in [0.1, 0.15) is 17.2 Å². The number of carboxylic acids is 1. The fraction of sp³-hybridized carbons (Fsp3) is 0.216. The number of rotatable bonds is 19. The van der Waals surface area contributed by atoms with E-state index in [1.165, 1.54) is 60.7 Å². The van der Waals surface area contributed by atoms with Gasteiger partial charge in [-0.25, -0.2) is 28.8 Å². The molecule has 0 unspecified atom stereocenters. The first-order chi connectivity index (χ1) is 25.0. The van der Waals surface area contributed by atoms with Gasteiger partial charge in [0.15, 0.2) is 6.29 Å². The molecular weight excluding hydrogens is 684 g/mol. The van der Waals surface area contributed by atoms with Gasteiger partial charge in [-0.3, -0.25) is 4.79 Å². The van der Waals surface area contributed by atoms with Crippen LogP contribution >= 0.6 is 0 Å². The topological polar surface area (TPSA) is 204 Å². The van der Waals surface area contributed by atoms with Gasteiger partial charge in [-0.1, -0.05) is 19.2 Å². The van der Waals surface area contributed by atoms with Crippen LogP contribution in [-0.4, -0.2) is 74.0 Å². The molecule has 0 spiro atoms. The summed E-state index contributed by atoms with van der Waals surface area (Å²) in [5.41, 5.74) is 0.113. The van der Waals surface area contributed by atoms with Crippen LogP contribution in [0.5, 0.6) is 17.2 Å². The largest absolute Gasteiger partial charge is 0.513 e. The van der Waals surface area contributed by atoms with Crippen molar-refractivity contribution in [2.24, 2.45) is 0 Å². The smallest absolute Gasteiger partial charge is 0.478 e. The maximum atomic E-state index is 12.8. The van der Waals surface area contributed by atoms with Crippen molar-refractivity contribution in [3.63, 3.8) is 0 Å². The molecule has 0 saturated heterocycles. The van der Waals surface area contributed by atoms with Crippen molar-refractivity contribution in [1.29, 1.82) is 0 Å². The molecule has 0 aromatic heterocycles. The zero-order chi connectivity index (χ0) is 37.9. The normalized spacial score (nSPS) is 10.2. The van der Waals surface area contributed by atoms with Crippen molar-refractivity contribution in [2.45, 2.75) is 25.7 Å². The summed E-state index contributed by atoms with van der Waals surface area (Å²) in [4.78, 5) is 83.0. The number of unbranched alkanes of at least 4 members (excludes halogenated alkanes) is 2. The Balaban J connectivity index is 1.59. The molecule has 0 amide bonds. The minimum Gasteiger partial charge on any atom is -0.478 e. The summed E-state index contributed by atoms with van der Waals surface area (Å²) in [5, 5.41) is 9.76. The molecule has 15 heteroatoms. The highest BCUT2D eigenvalue weighted by molar-refractivity contribution is 5.98. The molecule has 0 radical (unpaired) electrons. The molecular formula is C37H34O15. The predicted molar refractivity (Wildman–Crippen MR) is 180 cm³/mol. The van der Waals surface area contributed by atoms with Gasteiger partial charge in [0.05, 0.1) is 43.1 Å². The summed E-state index contributed by atoms with van der Waals surface area (Å²) in [7, 11) is 0. The summed E-state index contributed by atoms with van der Waals surface area (Å²) < 4.78 is 35.3. The highest BCUT2D eigenvalue weighted by Crippen LogP contribution is 2.32. The molecule has 3 rings (SSSR count). The lowest BCUT2D eigenvalue weighted by atomic mass is 9.97. The van der Waals surface area contributed by atoms with E-state index in [4.69, 9.17) is 33.2 Å². The lowest BCUT2D eigenvalue weighted by molar-refractivity contribution is -0.138. The van der Waals surface area contributed by atoms with Crippen molar-refractivity contribution in [3.05, 3.63) is 103 Å². The van der Waals surface area contributed by atoms with Gasteiger partial charge in [-0.15, -0.1) is 0 Å². The SMILES string of the molecule is C=CC(=O)OCCCCOC(=O)Oc1ccc(C(=O)Oc2ccc(-c3cc(OC(=O)OCCCCOC(=O)C=C)ccc3C(=O)O)cc2C=O)cc1. The number of ether oxygens (including phenoxy) is 7. The molecule has 1 N–H and O–H groups in total. The van der Waals surface area contributed by atoms with E-state index in [0.29, 0.717) is 32.0 Å². The molecule has 3 aromatic carbocycles. The Morgan fingerprint density at radius 3 is 1.65 bits per heavy atom. The average Bonchev–Trinajstić information content (AvgIpc) is 3.14. The van der Waals surface area contributed by atoms with E-state index in [1.54, 1.807) is 0 Å². The summed E-state index contributed by atoms with van der Waals surface area (Å²) in [5.74, 6) is -3.35. The fourth-order valence-electron chi connectivity index (χ4n) is 4.17. The number of carbonyl (C=O) groups excluding carboxylic acids is 6. The molecule has 272 valence electrons. The van der Waals surface area contributed by atoms with E-state index in [-0.39, 0.29) is 71.5 Å². The highest BCUT2D eigenvalue weighted by Gasteiger charge is 2.19. The van der Waals surface area contributed by atoms with Crippen LogP contribution in [0.1, 0.15) is 56.8 Å². The minimum atomic E-state index is -1.30. The Morgan fingerprint density at radius 2 is 1.13 bits per heavy atom. The summed E-state index contributed by atoms with van der Waals surface area (Å²) in [6.45, 7) is 6.84. The van der Waals surface area contributed by atoms with Gasteiger partial charge in [-0.2, -0.15) is 0 Å². The number of aldehydes is 1. The van der Waals surface area contributed by atoms with Crippen LogP contribution in [0.15, 0.2) is 86.0 Å². The van der Waals surface area contributed by atoms with Crippen LogP contribution in [0.25, 0.3) is 11.1 Å². The van der Waals surface area contributed by atoms with E-state index in [1.807, 2.05) is 0 Å². The number of hydrogen-bond acceptors (Lipinski definition) is 14. The number of esters is 3. The van der Waals surface area contributed by atoms with Crippen molar-refractivity contribution in [3.8, 4) is 28.4 Å². The Bertz CT molecular complexity index is 1790. The zero-order valence-electron chi connectivity index (χ0n) is 27.7. The number of carboxylic acid groups (broad SMARTS) is 1. The van der Waals surface area contributed by atoms with E-state index in [0.717, 1.165) is 12.2 Å². The van der Waals surface area contributed by atoms with Gasteiger partial charge >= 0.3 is 36.2 Å². The molecule has 0 aliphatic heterocycles. The Morgan fingerprint density at radius 1 is 0.615 bits per heavy atom. The second-order valence-corrected chi connectivity index (χ2v) is 10.4. The first-order valence-corrected chi connectivity index (χ1v) is 15.6. The first-order valence-electron chi connectivity index (χ1n) is 15.6. The van der Waals surface area contributed by atoms with Gasteiger partial charge in [-0.05, 0) is 91.4 Å². The van der Waals surface area contributed by atoms with Crippen molar-refractivity contribution < 1.29 is 71.8 Å². The van der Waals surface area contributed by atoms with Gasteiger partial charge in [0.2, 0.25) is 0 Å². The second kappa shape index (κ2) is 20.7. The van der Waals surface area contributed by atoms with Gasteiger partial charge in [0, 0.05) is 12.2 Å². The van der Waals surface area contributed by atoms with Crippen molar-refractivity contribution in [1.82, 2.24) is 0 Å². The molecule has 0 atom stereocenters. The molecule has 0 aliphatic rings. The Hall–Kier alpha value is -6.77. The summed E-state index contributed by atoms with van der Waals surface area (Å²) >= 11 is 0. The van der Waals surface area contributed by atoms with Crippen LogP contribution in [0.3, 0.4) is 0 Å². The van der Waals surface area contributed by atoms with E-state index < -0.39 is 36.2 Å². The molecule has 15 nitrogen and oxygen atoms in total. The molecule has 52 heavy (non-hydrogen) atoms. The molecule has 0 bridgehead atoms. The molecule has 0 saturated carbocycles. The van der Waals surface area contributed by atoms with Crippen molar-refractivity contribution in [2.75, 3.05) is 26.4 Å². The molecule has 0 aliphatic carbocycles. The molecule has 3 aromatic rings. The number of benzene rings is 3. The van der Waals surface area contributed by atoms with Crippen LogP contribution in [0, 0.1) is 0 Å². The molecule has 0 heterocycles. The van der Waals surface area contributed by atoms with Crippen LogP contribution in [0.2, 0.25) is 0 Å². The predicted octanol–water partition coefficient (Wildman–Crippen LogP) is 6.13. The third-order valence-corrected chi connectivity index (χ3v) is 6.70. The Labute approximate surface area is 297 Å². The van der Waals surface area contributed by atoms with Crippen LogP contribution < -0.4 is 14.2 Å². The number of hydrogen-bond donors (Lipinski definition) is 1. The monoisotopic (exact) mass is 718 g/mol. The van der Waals surface area contributed by atoms with Crippen LogP contribution in [0.4, 0.5) is 9.59 Å². The highest BCUT2D eigenvalue weighted by atomic mass is 16.7.